The molecule has 3 aromatic rings. The van der Waals surface area contributed by atoms with Crippen molar-refractivity contribution >= 4 is 40.0 Å². The Morgan fingerprint density at radius 3 is 2.74 bits per heavy atom. The van der Waals surface area contributed by atoms with Gasteiger partial charge in [-0.25, -0.2) is 9.97 Å². The summed E-state index contributed by atoms with van der Waals surface area (Å²) in [5.41, 5.74) is 8.61. The number of nitrogens with two attached hydrogens (primary N) is 1. The van der Waals surface area contributed by atoms with Gasteiger partial charge in [0.25, 0.3) is 0 Å². The number of fused-ring (bicyclic) bond motifs is 1. The predicted octanol–water partition coefficient (Wildman–Crippen LogP) is 3.65. The van der Waals surface area contributed by atoms with Crippen molar-refractivity contribution in [3.63, 3.8) is 0 Å². The second-order valence-electron chi connectivity index (χ2n) is 4.45. The van der Waals surface area contributed by atoms with Crippen LogP contribution in [0.3, 0.4) is 0 Å². The molecule has 98 valence electrons. The minimum absolute atomic E-state index is 0.0665. The molecule has 1 unspecified atom stereocenters. The van der Waals surface area contributed by atoms with Crippen molar-refractivity contribution in [2.75, 3.05) is 5.73 Å². The summed E-state index contributed by atoms with van der Waals surface area (Å²) >= 11 is 7.54. The zero-order valence-electron chi connectivity index (χ0n) is 10.6. The number of imidazole rings is 1. The van der Waals surface area contributed by atoms with E-state index in [1.807, 2.05) is 35.8 Å². The first-order valence-corrected chi connectivity index (χ1v) is 7.12. The van der Waals surface area contributed by atoms with Gasteiger partial charge in [0, 0.05) is 10.6 Å². The number of thiophene rings is 1. The molecule has 3 rings (SSSR count). The zero-order chi connectivity index (χ0) is 13.6. The number of hydrogen-bond donors (Lipinski definition) is 1. The van der Waals surface area contributed by atoms with E-state index in [-0.39, 0.29) is 6.04 Å². The molecule has 0 aliphatic heterocycles. The molecule has 3 aromatic heterocycles. The highest BCUT2D eigenvalue weighted by molar-refractivity contribution is 7.16. The lowest BCUT2D eigenvalue weighted by molar-refractivity contribution is 0.673. The Balaban J connectivity index is 2.18. The highest BCUT2D eigenvalue weighted by Gasteiger charge is 2.18. The Kier molecular flexibility index (Phi) is 2.95. The molecule has 3 heterocycles. The van der Waals surface area contributed by atoms with Gasteiger partial charge in [-0.05, 0) is 38.1 Å². The van der Waals surface area contributed by atoms with Crippen LogP contribution in [0.15, 0.2) is 24.3 Å². The maximum Gasteiger partial charge on any atom is 0.203 e. The van der Waals surface area contributed by atoms with Gasteiger partial charge in [0.1, 0.15) is 5.52 Å². The largest absolute Gasteiger partial charge is 0.369 e. The summed E-state index contributed by atoms with van der Waals surface area (Å²) in [5, 5.41) is 0. The topological polar surface area (TPSA) is 56.7 Å². The average Bonchev–Trinajstić information content (AvgIpc) is 2.91. The minimum Gasteiger partial charge on any atom is -0.369 e. The number of nitrogens with zero attached hydrogens (tertiary/aromatic N) is 3. The van der Waals surface area contributed by atoms with Gasteiger partial charge in [-0.15, -0.1) is 11.3 Å². The molecule has 6 heteroatoms. The zero-order valence-corrected chi connectivity index (χ0v) is 12.2. The van der Waals surface area contributed by atoms with Crippen LogP contribution >= 0.6 is 22.9 Å². The maximum absolute atomic E-state index is 6.03. The van der Waals surface area contributed by atoms with Crippen molar-refractivity contribution in [3.05, 3.63) is 39.2 Å². The molecule has 2 N–H and O–H groups in total. The molecule has 0 fully saturated rings. The van der Waals surface area contributed by atoms with E-state index < -0.39 is 0 Å². The van der Waals surface area contributed by atoms with E-state index in [1.165, 1.54) is 0 Å². The van der Waals surface area contributed by atoms with Crippen molar-refractivity contribution in [2.45, 2.75) is 19.9 Å². The number of aromatic nitrogens is 3. The van der Waals surface area contributed by atoms with Gasteiger partial charge in [0.15, 0.2) is 5.65 Å². The van der Waals surface area contributed by atoms with Gasteiger partial charge in [0.2, 0.25) is 5.95 Å². The lowest BCUT2D eigenvalue weighted by Gasteiger charge is -2.13. The molecule has 19 heavy (non-hydrogen) atoms. The van der Waals surface area contributed by atoms with E-state index in [2.05, 4.69) is 16.9 Å². The highest BCUT2D eigenvalue weighted by atomic mass is 35.5. The summed E-state index contributed by atoms with van der Waals surface area (Å²) in [7, 11) is 0. The van der Waals surface area contributed by atoms with E-state index in [1.54, 1.807) is 11.3 Å². The fraction of sp³-hybridized carbons (Fsp3) is 0.231. The Morgan fingerprint density at radius 2 is 2.05 bits per heavy atom. The van der Waals surface area contributed by atoms with Gasteiger partial charge in [0.05, 0.1) is 10.4 Å². The lowest BCUT2D eigenvalue weighted by atomic mass is 10.2. The van der Waals surface area contributed by atoms with Crippen LogP contribution in [0.5, 0.6) is 0 Å². The molecule has 0 radical (unpaired) electrons. The number of aryl methyl sites for hydroxylation is 1. The smallest absolute Gasteiger partial charge is 0.203 e. The minimum atomic E-state index is 0.0665. The predicted molar refractivity (Wildman–Crippen MR) is 79.8 cm³/mol. The second kappa shape index (κ2) is 4.51. The molecule has 1 atom stereocenters. The van der Waals surface area contributed by atoms with Crippen LogP contribution in [0.1, 0.15) is 23.5 Å². The monoisotopic (exact) mass is 292 g/mol. The number of pyridine rings is 1. The molecule has 4 nitrogen and oxygen atoms in total. The average molecular weight is 293 g/mol. The highest BCUT2D eigenvalue weighted by Crippen LogP contribution is 2.32. The van der Waals surface area contributed by atoms with Gasteiger partial charge in [-0.2, -0.15) is 0 Å². The molecular formula is C13H13ClN4S. The lowest BCUT2D eigenvalue weighted by Crippen LogP contribution is -2.09. The third-order valence-electron chi connectivity index (χ3n) is 3.10. The van der Waals surface area contributed by atoms with Crippen LogP contribution in [0.25, 0.3) is 11.2 Å². The van der Waals surface area contributed by atoms with E-state index in [0.29, 0.717) is 5.95 Å². The Morgan fingerprint density at radius 1 is 1.26 bits per heavy atom. The van der Waals surface area contributed by atoms with Gasteiger partial charge < -0.3 is 5.73 Å². The third-order valence-corrected chi connectivity index (χ3v) is 4.50. The molecule has 0 aliphatic carbocycles. The normalized spacial score (nSPS) is 13.0. The fourth-order valence-corrected chi connectivity index (χ4v) is 3.25. The molecule has 0 saturated heterocycles. The summed E-state index contributed by atoms with van der Waals surface area (Å²) in [6, 6.07) is 7.85. The Hall–Kier alpha value is -1.59. The van der Waals surface area contributed by atoms with Gasteiger partial charge >= 0.3 is 0 Å². The Labute approximate surface area is 119 Å². The van der Waals surface area contributed by atoms with Crippen molar-refractivity contribution in [2.24, 2.45) is 0 Å². The quantitative estimate of drug-likeness (QED) is 0.784. The van der Waals surface area contributed by atoms with Crippen LogP contribution in [0.4, 0.5) is 5.95 Å². The third kappa shape index (κ3) is 2.09. The van der Waals surface area contributed by atoms with E-state index in [9.17, 15) is 0 Å². The number of halogens is 1. The molecule has 0 aromatic carbocycles. The van der Waals surface area contributed by atoms with E-state index >= 15 is 0 Å². The molecule has 0 saturated carbocycles. The molecule has 0 amide bonds. The molecule has 0 spiro atoms. The van der Waals surface area contributed by atoms with Crippen molar-refractivity contribution in [1.82, 2.24) is 14.5 Å². The standard InChI is InChI=1S/C13H13ClN4S/c1-7-3-4-9-12(16-7)18(13(15)17-9)8(2)10-5-6-11(14)19-10/h3-6,8H,1-2H3,(H2,15,17). The molecule has 0 bridgehead atoms. The van der Waals surface area contributed by atoms with Crippen LogP contribution in [-0.4, -0.2) is 14.5 Å². The van der Waals surface area contributed by atoms with Crippen LogP contribution in [-0.2, 0) is 0 Å². The number of anilines is 1. The summed E-state index contributed by atoms with van der Waals surface area (Å²) in [6.07, 6.45) is 0. The Bertz CT molecular complexity index is 746. The molecule has 0 aliphatic rings. The van der Waals surface area contributed by atoms with Crippen molar-refractivity contribution in [1.29, 1.82) is 0 Å². The van der Waals surface area contributed by atoms with Gasteiger partial charge in [-0.3, -0.25) is 4.57 Å². The van der Waals surface area contributed by atoms with E-state index in [0.717, 1.165) is 26.1 Å². The first kappa shape index (κ1) is 12.4. The number of rotatable bonds is 2. The van der Waals surface area contributed by atoms with Crippen LogP contribution < -0.4 is 5.73 Å². The first-order valence-electron chi connectivity index (χ1n) is 5.92. The van der Waals surface area contributed by atoms with Crippen LogP contribution in [0.2, 0.25) is 4.34 Å². The SMILES string of the molecule is Cc1ccc2nc(N)n(C(C)c3ccc(Cl)s3)c2n1. The summed E-state index contributed by atoms with van der Waals surface area (Å²) in [4.78, 5) is 10.0. The van der Waals surface area contributed by atoms with E-state index in [4.69, 9.17) is 17.3 Å². The van der Waals surface area contributed by atoms with Crippen molar-refractivity contribution in [3.8, 4) is 0 Å². The fourth-order valence-electron chi connectivity index (χ4n) is 2.15. The maximum atomic E-state index is 6.03. The summed E-state index contributed by atoms with van der Waals surface area (Å²) in [6.45, 7) is 4.03. The molecular weight excluding hydrogens is 280 g/mol. The number of nitrogen functional groups attached to an aromatic ring is 1. The summed E-state index contributed by atoms with van der Waals surface area (Å²) in [5.74, 6) is 0.477. The second-order valence-corrected chi connectivity index (χ2v) is 6.20. The van der Waals surface area contributed by atoms with Crippen molar-refractivity contribution < 1.29 is 0 Å². The van der Waals surface area contributed by atoms with Gasteiger partial charge in [-0.1, -0.05) is 11.6 Å². The number of hydrogen-bond acceptors (Lipinski definition) is 4. The first-order chi connectivity index (χ1) is 9.06. The summed E-state index contributed by atoms with van der Waals surface area (Å²) < 4.78 is 2.72. The van der Waals surface area contributed by atoms with Crippen LogP contribution in [0, 0.1) is 6.92 Å².